The monoisotopic (exact) mass is 385 g/mol. The molecule has 28 heavy (non-hydrogen) atoms. The molecular weight excluding hydrogens is 358 g/mol. The summed E-state index contributed by atoms with van der Waals surface area (Å²) < 4.78 is 10.5. The number of hydrogen-bond acceptors (Lipinski definition) is 4. The number of methoxy groups -OCH3 is 2. The number of rotatable bonds is 10. The summed E-state index contributed by atoms with van der Waals surface area (Å²) in [6.07, 6.45) is 0.753. The molecule has 150 valence electrons. The molecular formula is C22H27NO5. The maximum absolute atomic E-state index is 12.5. The molecule has 0 spiro atoms. The predicted octanol–water partition coefficient (Wildman–Crippen LogP) is 3.92. The fourth-order valence-electron chi connectivity index (χ4n) is 3.08. The minimum atomic E-state index is -0.999. The second-order valence-electron chi connectivity index (χ2n) is 6.68. The van der Waals surface area contributed by atoms with E-state index in [0.29, 0.717) is 29.9 Å². The zero-order valence-corrected chi connectivity index (χ0v) is 16.5. The lowest BCUT2D eigenvalue weighted by Crippen LogP contribution is -2.30. The van der Waals surface area contributed by atoms with Crippen molar-refractivity contribution in [2.75, 3.05) is 14.2 Å². The molecule has 0 aliphatic rings. The van der Waals surface area contributed by atoms with Gasteiger partial charge < -0.3 is 19.9 Å². The summed E-state index contributed by atoms with van der Waals surface area (Å²) >= 11 is 0. The van der Waals surface area contributed by atoms with Crippen molar-refractivity contribution >= 4 is 11.9 Å². The van der Waals surface area contributed by atoms with Crippen molar-refractivity contribution in [1.29, 1.82) is 0 Å². The van der Waals surface area contributed by atoms with Crippen LogP contribution in [-0.4, -0.2) is 31.2 Å². The van der Waals surface area contributed by atoms with E-state index in [2.05, 4.69) is 12.2 Å². The Labute approximate surface area is 165 Å². The van der Waals surface area contributed by atoms with Gasteiger partial charge in [-0.1, -0.05) is 37.3 Å². The Morgan fingerprint density at radius 1 is 1.07 bits per heavy atom. The zero-order valence-electron chi connectivity index (χ0n) is 16.5. The second-order valence-corrected chi connectivity index (χ2v) is 6.68. The molecule has 1 amide bonds. The Morgan fingerprint density at radius 3 is 2.39 bits per heavy atom. The van der Waals surface area contributed by atoms with Crippen LogP contribution in [-0.2, 0) is 9.59 Å². The summed E-state index contributed by atoms with van der Waals surface area (Å²) in [4.78, 5) is 23.8. The summed E-state index contributed by atoms with van der Waals surface area (Å²) in [6, 6.07) is 14.4. The van der Waals surface area contributed by atoms with Crippen LogP contribution in [0.5, 0.6) is 11.5 Å². The van der Waals surface area contributed by atoms with Crippen LogP contribution in [0.25, 0.3) is 0 Å². The van der Waals surface area contributed by atoms with E-state index in [4.69, 9.17) is 9.47 Å². The Kier molecular flexibility index (Phi) is 7.87. The van der Waals surface area contributed by atoms with Gasteiger partial charge in [-0.3, -0.25) is 9.59 Å². The van der Waals surface area contributed by atoms with Gasteiger partial charge in [-0.05, 0) is 30.0 Å². The topological polar surface area (TPSA) is 84.9 Å². The molecule has 2 unspecified atom stereocenters. The quantitative estimate of drug-likeness (QED) is 0.647. The number of carboxylic acid groups (broad SMARTS) is 1. The van der Waals surface area contributed by atoms with Gasteiger partial charge >= 0.3 is 5.97 Å². The molecule has 2 aromatic carbocycles. The highest BCUT2D eigenvalue weighted by molar-refractivity contribution is 5.78. The first-order chi connectivity index (χ1) is 13.4. The SMILES string of the molecule is COc1ccc(C(CC(=O)O)NC(=O)CCC(C)c2ccccc2)c(OC)c1. The fourth-order valence-corrected chi connectivity index (χ4v) is 3.08. The van der Waals surface area contributed by atoms with Gasteiger partial charge in [-0.15, -0.1) is 0 Å². The summed E-state index contributed by atoms with van der Waals surface area (Å²) in [5.41, 5.74) is 1.78. The molecule has 0 fully saturated rings. The molecule has 0 aliphatic carbocycles. The van der Waals surface area contributed by atoms with Crippen LogP contribution >= 0.6 is 0 Å². The largest absolute Gasteiger partial charge is 0.497 e. The molecule has 0 heterocycles. The minimum absolute atomic E-state index is 0.188. The minimum Gasteiger partial charge on any atom is -0.497 e. The molecule has 2 atom stereocenters. The third-order valence-electron chi connectivity index (χ3n) is 4.70. The lowest BCUT2D eigenvalue weighted by atomic mass is 9.96. The normalized spacial score (nSPS) is 12.7. The highest BCUT2D eigenvalue weighted by Crippen LogP contribution is 2.31. The number of hydrogen-bond donors (Lipinski definition) is 2. The van der Waals surface area contributed by atoms with Gasteiger partial charge in [0, 0.05) is 18.1 Å². The van der Waals surface area contributed by atoms with Crippen LogP contribution in [0, 0.1) is 0 Å². The molecule has 0 saturated carbocycles. The van der Waals surface area contributed by atoms with Crippen molar-refractivity contribution < 1.29 is 24.2 Å². The highest BCUT2D eigenvalue weighted by atomic mass is 16.5. The van der Waals surface area contributed by atoms with Crippen LogP contribution in [0.1, 0.15) is 49.3 Å². The van der Waals surface area contributed by atoms with E-state index >= 15 is 0 Å². The lowest BCUT2D eigenvalue weighted by molar-refractivity contribution is -0.137. The van der Waals surface area contributed by atoms with Crippen LogP contribution in [0.2, 0.25) is 0 Å². The fraction of sp³-hybridized carbons (Fsp3) is 0.364. The molecule has 0 radical (unpaired) electrons. The van der Waals surface area contributed by atoms with Crippen molar-refractivity contribution in [1.82, 2.24) is 5.32 Å². The van der Waals surface area contributed by atoms with E-state index in [1.165, 1.54) is 12.7 Å². The second kappa shape index (κ2) is 10.3. The van der Waals surface area contributed by atoms with Gasteiger partial charge in [0.2, 0.25) is 5.91 Å². The first-order valence-electron chi connectivity index (χ1n) is 9.22. The molecule has 2 rings (SSSR count). The predicted molar refractivity (Wildman–Crippen MR) is 107 cm³/mol. The van der Waals surface area contributed by atoms with Gasteiger partial charge in [0.25, 0.3) is 0 Å². The van der Waals surface area contributed by atoms with E-state index in [1.807, 2.05) is 30.3 Å². The number of carboxylic acids is 1. The van der Waals surface area contributed by atoms with Crippen molar-refractivity contribution in [3.63, 3.8) is 0 Å². The first kappa shape index (κ1) is 21.3. The molecule has 0 aromatic heterocycles. The smallest absolute Gasteiger partial charge is 0.305 e. The summed E-state index contributed by atoms with van der Waals surface area (Å²) in [7, 11) is 3.04. The Hall–Kier alpha value is -3.02. The number of benzene rings is 2. The maximum atomic E-state index is 12.5. The van der Waals surface area contributed by atoms with Crippen molar-refractivity contribution in [2.24, 2.45) is 0 Å². The van der Waals surface area contributed by atoms with E-state index in [9.17, 15) is 14.7 Å². The maximum Gasteiger partial charge on any atom is 0.305 e. The van der Waals surface area contributed by atoms with Crippen molar-refractivity contribution in [3.8, 4) is 11.5 Å². The molecule has 6 heteroatoms. The molecule has 2 N–H and O–H groups in total. The highest BCUT2D eigenvalue weighted by Gasteiger charge is 2.22. The molecule has 0 saturated heterocycles. The number of amides is 1. The van der Waals surface area contributed by atoms with Gasteiger partial charge in [0.15, 0.2) is 0 Å². The molecule has 0 bridgehead atoms. The average molecular weight is 385 g/mol. The lowest BCUT2D eigenvalue weighted by Gasteiger charge is -2.21. The summed E-state index contributed by atoms with van der Waals surface area (Å²) in [5.74, 6) is 0.120. The number of carbonyl (C=O) groups is 2. The van der Waals surface area contributed by atoms with Crippen LogP contribution < -0.4 is 14.8 Å². The summed E-state index contributed by atoms with van der Waals surface area (Å²) in [6.45, 7) is 2.07. The van der Waals surface area contributed by atoms with Crippen LogP contribution in [0.15, 0.2) is 48.5 Å². The van der Waals surface area contributed by atoms with Crippen LogP contribution in [0.4, 0.5) is 0 Å². The van der Waals surface area contributed by atoms with Crippen molar-refractivity contribution in [3.05, 3.63) is 59.7 Å². The number of aliphatic carboxylic acids is 1. The third kappa shape index (κ3) is 6.01. The molecule has 0 aliphatic heterocycles. The van der Waals surface area contributed by atoms with E-state index in [-0.39, 0.29) is 18.2 Å². The number of ether oxygens (including phenoxy) is 2. The van der Waals surface area contributed by atoms with Crippen LogP contribution in [0.3, 0.4) is 0 Å². The Morgan fingerprint density at radius 2 is 1.79 bits per heavy atom. The Balaban J connectivity index is 2.07. The van der Waals surface area contributed by atoms with Gasteiger partial charge in [0.05, 0.1) is 26.7 Å². The molecule has 2 aromatic rings. The van der Waals surface area contributed by atoms with Crippen molar-refractivity contribution in [2.45, 2.75) is 38.1 Å². The standard InChI is InChI=1S/C22H27NO5/c1-15(16-7-5-4-6-8-16)9-12-21(24)23-19(14-22(25)26)18-11-10-17(27-2)13-20(18)28-3/h4-8,10-11,13,15,19H,9,12,14H2,1-3H3,(H,23,24)(H,25,26). The average Bonchev–Trinajstić information content (AvgIpc) is 2.71. The third-order valence-corrected chi connectivity index (χ3v) is 4.70. The Bertz CT molecular complexity index is 791. The van der Waals surface area contributed by atoms with Gasteiger partial charge in [-0.25, -0.2) is 0 Å². The van der Waals surface area contributed by atoms with E-state index in [1.54, 1.807) is 25.3 Å². The molecule has 6 nitrogen and oxygen atoms in total. The first-order valence-corrected chi connectivity index (χ1v) is 9.22. The van der Waals surface area contributed by atoms with Gasteiger partial charge in [0.1, 0.15) is 11.5 Å². The van der Waals surface area contributed by atoms with E-state index < -0.39 is 12.0 Å². The summed E-state index contributed by atoms with van der Waals surface area (Å²) in [5, 5.41) is 12.1. The zero-order chi connectivity index (χ0) is 20.5. The van der Waals surface area contributed by atoms with E-state index in [0.717, 1.165) is 0 Å². The van der Waals surface area contributed by atoms with Gasteiger partial charge in [-0.2, -0.15) is 0 Å². The number of carbonyl (C=O) groups excluding carboxylic acids is 1. The number of nitrogens with one attached hydrogen (secondary N) is 1.